The van der Waals surface area contributed by atoms with Crippen LogP contribution in [0.2, 0.25) is 0 Å². The number of rotatable bonds is 7. The molecule has 0 N–H and O–H groups in total. The molecule has 1 aliphatic carbocycles. The first-order chi connectivity index (χ1) is 10.8. The van der Waals surface area contributed by atoms with Gasteiger partial charge in [0.05, 0.1) is 30.8 Å². The molecule has 2 heterocycles. The third-order valence-corrected chi connectivity index (χ3v) is 8.37. The molecule has 0 aromatic rings. The summed E-state index contributed by atoms with van der Waals surface area (Å²) in [5.41, 5.74) is 0. The van der Waals surface area contributed by atoms with Crippen LogP contribution in [0, 0.1) is 0 Å². The normalized spacial score (nSPS) is 25.7. The monoisotopic (exact) mass is 367 g/mol. The van der Waals surface area contributed by atoms with Gasteiger partial charge in [-0.05, 0) is 12.8 Å². The molecule has 3 aliphatic rings. The summed E-state index contributed by atoms with van der Waals surface area (Å²) in [4.78, 5) is 2.18. The summed E-state index contributed by atoms with van der Waals surface area (Å²) in [5, 5.41) is -0.233. The Morgan fingerprint density at radius 1 is 1.09 bits per heavy atom. The van der Waals surface area contributed by atoms with E-state index in [1.165, 1.54) is 14.9 Å². The Labute approximate surface area is 138 Å². The summed E-state index contributed by atoms with van der Waals surface area (Å²) in [7, 11) is -6.54. The van der Waals surface area contributed by atoms with Gasteiger partial charge in [0.1, 0.15) is 0 Å². The molecule has 3 fully saturated rings. The van der Waals surface area contributed by atoms with Crippen molar-refractivity contribution >= 4 is 20.0 Å². The van der Waals surface area contributed by atoms with E-state index in [0.29, 0.717) is 26.3 Å². The molecule has 8 nitrogen and oxygen atoms in total. The molecule has 10 heteroatoms. The summed E-state index contributed by atoms with van der Waals surface area (Å²) in [6.45, 7) is 4.60. The molecule has 3 rings (SSSR count). The van der Waals surface area contributed by atoms with Crippen LogP contribution in [-0.4, -0.2) is 100 Å². The van der Waals surface area contributed by atoms with Gasteiger partial charge in [-0.25, -0.2) is 16.8 Å². The molecule has 0 amide bonds. The van der Waals surface area contributed by atoms with Gasteiger partial charge >= 0.3 is 0 Å². The molecule has 0 atom stereocenters. The molecule has 2 aliphatic heterocycles. The molecule has 23 heavy (non-hydrogen) atoms. The van der Waals surface area contributed by atoms with Crippen LogP contribution in [0.25, 0.3) is 0 Å². The fraction of sp³-hybridized carbons (Fsp3) is 1.00. The number of nitrogens with zero attached hydrogens (tertiary/aromatic N) is 3. The predicted molar refractivity (Wildman–Crippen MR) is 86.1 cm³/mol. The van der Waals surface area contributed by atoms with E-state index in [0.717, 1.165) is 25.9 Å². The molecule has 0 radical (unpaired) electrons. The second-order valence-corrected chi connectivity index (χ2v) is 10.7. The van der Waals surface area contributed by atoms with Gasteiger partial charge in [-0.3, -0.25) is 4.90 Å². The van der Waals surface area contributed by atoms with E-state index in [2.05, 4.69) is 4.90 Å². The summed E-state index contributed by atoms with van der Waals surface area (Å²) in [6.07, 6.45) is 2.66. The smallest absolute Gasteiger partial charge is 0.217 e. The summed E-state index contributed by atoms with van der Waals surface area (Å²) in [6, 6.07) is -0.237. The lowest BCUT2D eigenvalue weighted by Gasteiger charge is -2.43. The maximum atomic E-state index is 12.1. The van der Waals surface area contributed by atoms with Crippen molar-refractivity contribution in [2.45, 2.75) is 24.1 Å². The van der Waals surface area contributed by atoms with E-state index in [1.807, 2.05) is 0 Å². The van der Waals surface area contributed by atoms with Crippen LogP contribution >= 0.6 is 0 Å². The van der Waals surface area contributed by atoms with Crippen LogP contribution in [0.1, 0.15) is 12.8 Å². The Kier molecular flexibility index (Phi) is 5.01. The van der Waals surface area contributed by atoms with Crippen molar-refractivity contribution in [2.75, 3.05) is 58.7 Å². The Bertz CT molecular complexity index is 620. The SMILES string of the molecule is CS(=O)(=O)N(CCN1CCOCC1)C1CN(S(=O)(=O)C2CC2)C1. The zero-order valence-electron chi connectivity index (χ0n) is 13.4. The molecular formula is C13H25N3O5S2. The highest BCUT2D eigenvalue weighted by atomic mass is 32.2. The maximum absolute atomic E-state index is 12.1. The van der Waals surface area contributed by atoms with Crippen molar-refractivity contribution in [2.24, 2.45) is 0 Å². The fourth-order valence-electron chi connectivity index (χ4n) is 3.07. The van der Waals surface area contributed by atoms with Crippen molar-refractivity contribution in [3.8, 4) is 0 Å². The highest BCUT2D eigenvalue weighted by Crippen LogP contribution is 2.34. The third-order valence-electron chi connectivity index (χ3n) is 4.71. The number of morpholine rings is 1. The van der Waals surface area contributed by atoms with Crippen molar-refractivity contribution in [3.63, 3.8) is 0 Å². The van der Waals surface area contributed by atoms with Crippen LogP contribution in [0.15, 0.2) is 0 Å². The maximum Gasteiger partial charge on any atom is 0.217 e. The van der Waals surface area contributed by atoms with Crippen molar-refractivity contribution in [1.82, 2.24) is 13.5 Å². The van der Waals surface area contributed by atoms with Crippen molar-refractivity contribution < 1.29 is 21.6 Å². The van der Waals surface area contributed by atoms with Gasteiger partial charge in [0.15, 0.2) is 0 Å². The van der Waals surface area contributed by atoms with Gasteiger partial charge < -0.3 is 4.74 Å². The van der Waals surface area contributed by atoms with E-state index in [1.54, 1.807) is 0 Å². The number of ether oxygens (including phenoxy) is 1. The molecule has 2 saturated heterocycles. The third kappa shape index (κ3) is 4.05. The van der Waals surface area contributed by atoms with Gasteiger partial charge in [0.25, 0.3) is 0 Å². The molecule has 0 aromatic carbocycles. The van der Waals surface area contributed by atoms with Gasteiger partial charge in [-0.15, -0.1) is 0 Å². The second kappa shape index (κ2) is 6.57. The fourth-order valence-corrected chi connectivity index (χ4v) is 6.07. The first-order valence-corrected chi connectivity index (χ1v) is 11.4. The van der Waals surface area contributed by atoms with Crippen LogP contribution in [-0.2, 0) is 24.8 Å². The zero-order chi connectivity index (χ0) is 16.7. The minimum absolute atomic E-state index is 0.233. The molecule has 0 spiro atoms. The predicted octanol–water partition coefficient (Wildman–Crippen LogP) is -1.24. The standard InChI is InChI=1S/C13H25N3O5S2/c1-22(17,18)16(5-4-14-6-8-21-9-7-14)12-10-15(11-12)23(19,20)13-2-3-13/h12-13H,2-11H2,1H3. The van der Waals surface area contributed by atoms with Crippen LogP contribution in [0.4, 0.5) is 0 Å². The van der Waals surface area contributed by atoms with E-state index in [9.17, 15) is 16.8 Å². The van der Waals surface area contributed by atoms with Crippen molar-refractivity contribution in [3.05, 3.63) is 0 Å². The van der Waals surface area contributed by atoms with Crippen molar-refractivity contribution in [1.29, 1.82) is 0 Å². The Balaban J connectivity index is 1.55. The Hall–Kier alpha value is -0.260. The van der Waals surface area contributed by atoms with E-state index >= 15 is 0 Å². The first-order valence-electron chi connectivity index (χ1n) is 8.04. The quantitative estimate of drug-likeness (QED) is 0.559. The minimum Gasteiger partial charge on any atom is -0.379 e. The van der Waals surface area contributed by atoms with Gasteiger partial charge in [-0.1, -0.05) is 0 Å². The summed E-state index contributed by atoms with van der Waals surface area (Å²) in [5.74, 6) is 0. The molecule has 1 saturated carbocycles. The second-order valence-electron chi connectivity index (χ2n) is 6.54. The molecule has 0 bridgehead atoms. The van der Waals surface area contributed by atoms with E-state index in [-0.39, 0.29) is 24.4 Å². The average molecular weight is 367 g/mol. The molecule has 134 valence electrons. The lowest BCUT2D eigenvalue weighted by atomic mass is 10.2. The van der Waals surface area contributed by atoms with E-state index in [4.69, 9.17) is 4.74 Å². The largest absolute Gasteiger partial charge is 0.379 e. The van der Waals surface area contributed by atoms with Gasteiger partial charge in [0, 0.05) is 39.3 Å². The summed E-state index contributed by atoms with van der Waals surface area (Å²) >= 11 is 0. The first kappa shape index (κ1) is 17.6. The number of sulfonamides is 2. The highest BCUT2D eigenvalue weighted by Gasteiger charge is 2.47. The van der Waals surface area contributed by atoms with Crippen LogP contribution in [0.3, 0.4) is 0 Å². The Morgan fingerprint density at radius 2 is 1.70 bits per heavy atom. The number of hydrogen-bond acceptors (Lipinski definition) is 6. The lowest BCUT2D eigenvalue weighted by molar-refractivity contribution is 0.0330. The topological polar surface area (TPSA) is 87.2 Å². The summed E-state index contributed by atoms with van der Waals surface area (Å²) < 4.78 is 56.6. The van der Waals surface area contributed by atoms with E-state index < -0.39 is 20.0 Å². The van der Waals surface area contributed by atoms with Crippen LogP contribution in [0.5, 0.6) is 0 Å². The minimum atomic E-state index is -3.35. The molecule has 0 aromatic heterocycles. The Morgan fingerprint density at radius 3 is 2.22 bits per heavy atom. The van der Waals surface area contributed by atoms with Gasteiger partial charge in [0.2, 0.25) is 20.0 Å². The van der Waals surface area contributed by atoms with Gasteiger partial charge in [-0.2, -0.15) is 8.61 Å². The zero-order valence-corrected chi connectivity index (χ0v) is 15.1. The molecular weight excluding hydrogens is 342 g/mol. The highest BCUT2D eigenvalue weighted by molar-refractivity contribution is 7.90. The van der Waals surface area contributed by atoms with Crippen LogP contribution < -0.4 is 0 Å². The average Bonchev–Trinajstić information content (AvgIpc) is 3.25. The molecule has 0 unspecified atom stereocenters. The number of hydrogen-bond donors (Lipinski definition) is 0. The lowest BCUT2D eigenvalue weighted by Crippen LogP contribution is -2.63.